The van der Waals surface area contributed by atoms with Crippen molar-refractivity contribution >= 4 is 23.2 Å². The molecule has 1 saturated heterocycles. The number of carbonyl (C=O) groups excluding carboxylic acids is 2. The lowest BCUT2D eigenvalue weighted by Crippen LogP contribution is -2.45. The van der Waals surface area contributed by atoms with Crippen LogP contribution >= 0.6 is 11.3 Å². The first-order chi connectivity index (χ1) is 9.52. The van der Waals surface area contributed by atoms with E-state index in [1.54, 1.807) is 6.92 Å². The van der Waals surface area contributed by atoms with Crippen LogP contribution in [-0.4, -0.2) is 35.8 Å². The summed E-state index contributed by atoms with van der Waals surface area (Å²) < 4.78 is 0. The fourth-order valence-corrected chi connectivity index (χ4v) is 3.54. The van der Waals surface area contributed by atoms with Gasteiger partial charge in [0.05, 0.1) is 4.88 Å². The summed E-state index contributed by atoms with van der Waals surface area (Å²) in [6.45, 7) is 7.50. The summed E-state index contributed by atoms with van der Waals surface area (Å²) in [7, 11) is 0. The van der Waals surface area contributed by atoms with E-state index in [9.17, 15) is 9.59 Å². The fourth-order valence-electron chi connectivity index (χ4n) is 2.52. The molecule has 1 aliphatic rings. The Balaban J connectivity index is 1.97. The van der Waals surface area contributed by atoms with E-state index in [-0.39, 0.29) is 11.8 Å². The molecule has 4 nitrogen and oxygen atoms in total. The number of aryl methyl sites for hydroxylation is 2. The van der Waals surface area contributed by atoms with E-state index in [4.69, 9.17) is 0 Å². The Morgan fingerprint density at radius 3 is 2.60 bits per heavy atom. The molecule has 0 aromatic carbocycles. The first-order valence-electron chi connectivity index (χ1n) is 7.22. The number of hydrogen-bond donors (Lipinski definition) is 1. The predicted octanol–water partition coefficient (Wildman–Crippen LogP) is 2.36. The van der Waals surface area contributed by atoms with Gasteiger partial charge in [0.15, 0.2) is 0 Å². The highest BCUT2D eigenvalue weighted by Gasteiger charge is 2.25. The minimum Gasteiger partial charge on any atom is -0.341 e. The molecule has 1 atom stereocenters. The average molecular weight is 294 g/mol. The molecule has 0 spiro atoms. The second kappa shape index (κ2) is 6.39. The van der Waals surface area contributed by atoms with E-state index >= 15 is 0 Å². The van der Waals surface area contributed by atoms with Crippen molar-refractivity contribution < 1.29 is 9.59 Å². The van der Waals surface area contributed by atoms with E-state index < -0.39 is 6.04 Å². The molecule has 2 amide bonds. The summed E-state index contributed by atoms with van der Waals surface area (Å²) in [5, 5.41) is 2.82. The van der Waals surface area contributed by atoms with E-state index in [1.807, 2.05) is 17.9 Å². The molecule has 110 valence electrons. The van der Waals surface area contributed by atoms with Gasteiger partial charge in [0.25, 0.3) is 5.91 Å². The van der Waals surface area contributed by atoms with Gasteiger partial charge in [0.2, 0.25) is 5.91 Å². The monoisotopic (exact) mass is 294 g/mol. The SMILES string of the molecule is CCc1cc(C(=O)N[C@H](C)C(=O)N2CCCC2)sc1C. The van der Waals surface area contributed by atoms with Crippen LogP contribution in [0.3, 0.4) is 0 Å². The summed E-state index contributed by atoms with van der Waals surface area (Å²) in [5.41, 5.74) is 1.21. The minimum atomic E-state index is -0.451. The number of amides is 2. The zero-order valence-electron chi connectivity index (χ0n) is 12.4. The molecular formula is C15H22N2O2S. The molecule has 1 aromatic rings. The number of nitrogens with one attached hydrogen (secondary N) is 1. The molecular weight excluding hydrogens is 272 g/mol. The topological polar surface area (TPSA) is 49.4 Å². The molecule has 1 fully saturated rings. The van der Waals surface area contributed by atoms with Gasteiger partial charge in [0, 0.05) is 18.0 Å². The number of likely N-dealkylation sites (tertiary alicyclic amines) is 1. The lowest BCUT2D eigenvalue weighted by molar-refractivity contribution is -0.131. The number of carbonyl (C=O) groups is 2. The van der Waals surface area contributed by atoms with Crippen LogP contribution in [-0.2, 0) is 11.2 Å². The molecule has 0 aliphatic carbocycles. The number of hydrogen-bond acceptors (Lipinski definition) is 3. The largest absolute Gasteiger partial charge is 0.341 e. The molecule has 0 saturated carbocycles. The third-order valence-corrected chi connectivity index (χ3v) is 4.85. The van der Waals surface area contributed by atoms with Gasteiger partial charge < -0.3 is 10.2 Å². The lowest BCUT2D eigenvalue weighted by atomic mass is 10.2. The van der Waals surface area contributed by atoms with Crippen LogP contribution in [0.15, 0.2) is 6.07 Å². The van der Waals surface area contributed by atoms with Crippen molar-refractivity contribution in [3.63, 3.8) is 0 Å². The molecule has 1 aliphatic heterocycles. The van der Waals surface area contributed by atoms with Crippen LogP contribution in [0.25, 0.3) is 0 Å². The van der Waals surface area contributed by atoms with Gasteiger partial charge >= 0.3 is 0 Å². The van der Waals surface area contributed by atoms with Crippen molar-refractivity contribution in [2.24, 2.45) is 0 Å². The van der Waals surface area contributed by atoms with Gasteiger partial charge in [-0.05, 0) is 44.7 Å². The maximum Gasteiger partial charge on any atom is 0.262 e. The zero-order chi connectivity index (χ0) is 14.7. The van der Waals surface area contributed by atoms with Crippen LogP contribution in [0, 0.1) is 6.92 Å². The van der Waals surface area contributed by atoms with Crippen molar-refractivity contribution in [3.8, 4) is 0 Å². The minimum absolute atomic E-state index is 0.0276. The van der Waals surface area contributed by atoms with E-state index in [2.05, 4.69) is 12.2 Å². The standard InChI is InChI=1S/C15H22N2O2S/c1-4-12-9-13(20-11(12)3)14(18)16-10(2)15(19)17-7-5-6-8-17/h9-10H,4-8H2,1-3H3,(H,16,18)/t10-/m1/s1. The Hall–Kier alpha value is -1.36. The third-order valence-electron chi connectivity index (χ3n) is 3.76. The second-order valence-electron chi connectivity index (χ2n) is 5.27. The molecule has 2 heterocycles. The Labute approximate surface area is 124 Å². The fraction of sp³-hybridized carbons (Fsp3) is 0.600. The van der Waals surface area contributed by atoms with Gasteiger partial charge in [0.1, 0.15) is 6.04 Å². The highest BCUT2D eigenvalue weighted by Crippen LogP contribution is 2.22. The van der Waals surface area contributed by atoms with Crippen LogP contribution in [0.5, 0.6) is 0 Å². The molecule has 2 rings (SSSR count). The van der Waals surface area contributed by atoms with Gasteiger partial charge in [-0.3, -0.25) is 9.59 Å². The number of nitrogens with zero attached hydrogens (tertiary/aromatic N) is 1. The van der Waals surface area contributed by atoms with Crippen LogP contribution in [0.1, 0.15) is 46.8 Å². The molecule has 0 radical (unpaired) electrons. The van der Waals surface area contributed by atoms with Gasteiger partial charge in [-0.25, -0.2) is 0 Å². The maximum atomic E-state index is 12.2. The van der Waals surface area contributed by atoms with Crippen molar-refractivity contribution in [2.45, 2.75) is 46.1 Å². The predicted molar refractivity (Wildman–Crippen MR) is 81.2 cm³/mol. The van der Waals surface area contributed by atoms with Crippen molar-refractivity contribution in [2.75, 3.05) is 13.1 Å². The normalized spacial score (nSPS) is 16.2. The molecule has 20 heavy (non-hydrogen) atoms. The van der Waals surface area contributed by atoms with E-state index in [1.165, 1.54) is 21.8 Å². The van der Waals surface area contributed by atoms with Crippen molar-refractivity contribution in [3.05, 3.63) is 21.4 Å². The van der Waals surface area contributed by atoms with Gasteiger partial charge in [-0.1, -0.05) is 6.92 Å². The Kier molecular flexibility index (Phi) is 4.81. The summed E-state index contributed by atoms with van der Waals surface area (Å²) in [6.07, 6.45) is 3.06. The molecule has 1 aromatic heterocycles. The molecule has 0 unspecified atom stereocenters. The summed E-state index contributed by atoms with van der Waals surface area (Å²) in [6, 6.07) is 1.48. The third kappa shape index (κ3) is 3.20. The first kappa shape index (κ1) is 15.0. The van der Waals surface area contributed by atoms with Crippen LogP contribution in [0.4, 0.5) is 0 Å². The summed E-state index contributed by atoms with van der Waals surface area (Å²) in [5.74, 6) is -0.113. The highest BCUT2D eigenvalue weighted by atomic mass is 32.1. The molecule has 1 N–H and O–H groups in total. The Bertz CT molecular complexity index is 504. The molecule has 0 bridgehead atoms. The lowest BCUT2D eigenvalue weighted by Gasteiger charge is -2.20. The van der Waals surface area contributed by atoms with Crippen LogP contribution < -0.4 is 5.32 Å². The van der Waals surface area contributed by atoms with Gasteiger partial charge in [-0.15, -0.1) is 11.3 Å². The van der Waals surface area contributed by atoms with Crippen molar-refractivity contribution in [1.82, 2.24) is 10.2 Å². The maximum absolute atomic E-state index is 12.2. The van der Waals surface area contributed by atoms with Crippen molar-refractivity contribution in [1.29, 1.82) is 0 Å². The Morgan fingerprint density at radius 1 is 1.40 bits per heavy atom. The number of rotatable bonds is 4. The highest BCUT2D eigenvalue weighted by molar-refractivity contribution is 7.14. The van der Waals surface area contributed by atoms with E-state index in [0.717, 1.165) is 32.4 Å². The van der Waals surface area contributed by atoms with Gasteiger partial charge in [-0.2, -0.15) is 0 Å². The Morgan fingerprint density at radius 2 is 2.05 bits per heavy atom. The second-order valence-corrected chi connectivity index (χ2v) is 6.53. The van der Waals surface area contributed by atoms with E-state index in [0.29, 0.717) is 4.88 Å². The quantitative estimate of drug-likeness (QED) is 0.927. The molecule has 5 heteroatoms. The average Bonchev–Trinajstić information content (AvgIpc) is 3.06. The number of thiophene rings is 1. The summed E-state index contributed by atoms with van der Waals surface area (Å²) >= 11 is 1.50. The summed E-state index contributed by atoms with van der Waals surface area (Å²) in [4.78, 5) is 28.0. The zero-order valence-corrected chi connectivity index (χ0v) is 13.2. The smallest absolute Gasteiger partial charge is 0.262 e. The first-order valence-corrected chi connectivity index (χ1v) is 8.03. The van der Waals surface area contributed by atoms with Crippen LogP contribution in [0.2, 0.25) is 0 Å².